The van der Waals surface area contributed by atoms with E-state index in [9.17, 15) is 9.90 Å². The molecule has 1 N–H and O–H groups in total. The van der Waals surface area contributed by atoms with Crippen LogP contribution in [0.5, 0.6) is 11.6 Å². The molecule has 7 nitrogen and oxygen atoms in total. The quantitative estimate of drug-likeness (QED) is 0.609. The van der Waals surface area contributed by atoms with Crippen molar-refractivity contribution in [2.45, 2.75) is 72.1 Å². The number of halogens is 1. The average Bonchev–Trinajstić information content (AvgIpc) is 2.99. The van der Waals surface area contributed by atoms with E-state index in [4.69, 9.17) is 9.47 Å². The fraction of sp³-hybridized carbons (Fsp3) is 0.550. The second-order valence-electron chi connectivity index (χ2n) is 8.53. The van der Waals surface area contributed by atoms with Gasteiger partial charge in [0.15, 0.2) is 5.56 Å². The summed E-state index contributed by atoms with van der Waals surface area (Å²) >= 11 is 3.49. The van der Waals surface area contributed by atoms with Crippen LogP contribution in [0.1, 0.15) is 63.9 Å². The van der Waals surface area contributed by atoms with Crippen LogP contribution in [0.15, 0.2) is 23.3 Å². The summed E-state index contributed by atoms with van der Waals surface area (Å²) in [6, 6.07) is 0. The standard InChI is InChI=1S/C20H28BrN3O4/c1-19(2,3)27-15-13(8-7-10-24-11-9-22-12-24)16(21)23-17(14(15)18(25)26)28-20(4,5)6/h9,11-12H,7-8,10H2,1-6H3,(H,25,26). The van der Waals surface area contributed by atoms with Crippen molar-refractivity contribution in [3.63, 3.8) is 0 Å². The maximum Gasteiger partial charge on any atom is 0.345 e. The third-order valence-electron chi connectivity index (χ3n) is 3.59. The van der Waals surface area contributed by atoms with Crippen LogP contribution < -0.4 is 9.47 Å². The summed E-state index contributed by atoms with van der Waals surface area (Å²) in [5.41, 5.74) is -0.513. The van der Waals surface area contributed by atoms with Crippen LogP contribution in [0.3, 0.4) is 0 Å². The van der Waals surface area contributed by atoms with Gasteiger partial charge >= 0.3 is 5.97 Å². The number of hydrogen-bond acceptors (Lipinski definition) is 5. The molecule has 2 aromatic heterocycles. The van der Waals surface area contributed by atoms with E-state index in [-0.39, 0.29) is 11.4 Å². The monoisotopic (exact) mass is 453 g/mol. The molecule has 2 aromatic rings. The number of aromatic nitrogens is 3. The number of carbonyl (C=O) groups is 1. The molecular formula is C20H28BrN3O4. The van der Waals surface area contributed by atoms with Crippen molar-refractivity contribution < 1.29 is 19.4 Å². The highest BCUT2D eigenvalue weighted by Crippen LogP contribution is 2.39. The van der Waals surface area contributed by atoms with Crippen LogP contribution in [0.2, 0.25) is 0 Å². The zero-order valence-electron chi connectivity index (χ0n) is 17.2. The summed E-state index contributed by atoms with van der Waals surface area (Å²) in [6.45, 7) is 11.9. The highest BCUT2D eigenvalue weighted by atomic mass is 79.9. The Bertz CT molecular complexity index is 821. The third kappa shape index (κ3) is 6.22. The first kappa shape index (κ1) is 22.2. The summed E-state index contributed by atoms with van der Waals surface area (Å²) in [7, 11) is 0. The molecule has 0 bridgehead atoms. The van der Waals surface area contributed by atoms with Crippen molar-refractivity contribution in [2.75, 3.05) is 0 Å². The number of carboxylic acids is 1. The van der Waals surface area contributed by atoms with Crippen molar-refractivity contribution in [2.24, 2.45) is 0 Å². The number of nitrogens with zero attached hydrogens (tertiary/aromatic N) is 3. The molecule has 2 rings (SSSR count). The Morgan fingerprint density at radius 3 is 2.32 bits per heavy atom. The number of pyridine rings is 1. The van der Waals surface area contributed by atoms with E-state index < -0.39 is 17.2 Å². The minimum atomic E-state index is -1.13. The predicted octanol–water partition coefficient (Wildman–Crippen LogP) is 4.73. The molecule has 0 aliphatic carbocycles. The van der Waals surface area contributed by atoms with Crippen molar-refractivity contribution in [1.82, 2.24) is 14.5 Å². The second-order valence-corrected chi connectivity index (χ2v) is 9.28. The average molecular weight is 454 g/mol. The zero-order valence-corrected chi connectivity index (χ0v) is 18.8. The normalized spacial score (nSPS) is 12.1. The third-order valence-corrected chi connectivity index (χ3v) is 4.25. The molecule has 0 unspecified atom stereocenters. The Kier molecular flexibility index (Phi) is 6.75. The van der Waals surface area contributed by atoms with Crippen molar-refractivity contribution in [3.8, 4) is 11.6 Å². The Hall–Kier alpha value is -2.09. The van der Waals surface area contributed by atoms with Gasteiger partial charge in [0.25, 0.3) is 0 Å². The number of rotatable bonds is 7. The fourth-order valence-electron chi connectivity index (χ4n) is 2.60. The maximum atomic E-state index is 12.1. The molecule has 0 amide bonds. The summed E-state index contributed by atoms with van der Waals surface area (Å²) in [4.78, 5) is 20.5. The number of hydrogen-bond donors (Lipinski definition) is 1. The lowest BCUT2D eigenvalue weighted by atomic mass is 10.1. The minimum absolute atomic E-state index is 0.0458. The van der Waals surface area contributed by atoms with Gasteiger partial charge in [0.2, 0.25) is 5.88 Å². The number of ether oxygens (including phenoxy) is 2. The van der Waals surface area contributed by atoms with E-state index in [1.165, 1.54) is 0 Å². The maximum absolute atomic E-state index is 12.1. The zero-order chi connectivity index (χ0) is 21.1. The highest BCUT2D eigenvalue weighted by molar-refractivity contribution is 9.10. The summed E-state index contributed by atoms with van der Waals surface area (Å²) < 4.78 is 14.4. The van der Waals surface area contributed by atoms with E-state index in [1.54, 1.807) is 12.5 Å². The highest BCUT2D eigenvalue weighted by Gasteiger charge is 2.30. The first-order chi connectivity index (χ1) is 12.9. The van der Waals surface area contributed by atoms with Gasteiger partial charge in [-0.1, -0.05) is 0 Å². The van der Waals surface area contributed by atoms with Gasteiger partial charge in [0.05, 0.1) is 6.33 Å². The van der Waals surface area contributed by atoms with Gasteiger partial charge in [-0.05, 0) is 70.3 Å². The molecule has 2 heterocycles. The van der Waals surface area contributed by atoms with E-state index in [0.29, 0.717) is 22.3 Å². The summed E-state index contributed by atoms with van der Waals surface area (Å²) in [5.74, 6) is -0.786. The Morgan fingerprint density at radius 2 is 1.82 bits per heavy atom. The van der Waals surface area contributed by atoms with E-state index in [2.05, 4.69) is 25.9 Å². The molecule has 154 valence electrons. The summed E-state index contributed by atoms with van der Waals surface area (Å²) in [5, 5.41) is 9.90. The van der Waals surface area contributed by atoms with Crippen LogP contribution in [-0.2, 0) is 13.0 Å². The number of carboxylic acid groups (broad SMARTS) is 1. The molecule has 0 saturated carbocycles. The number of imidazole rings is 1. The number of aromatic carboxylic acids is 1. The van der Waals surface area contributed by atoms with Crippen molar-refractivity contribution in [3.05, 3.63) is 34.5 Å². The molecule has 0 aliphatic rings. The molecule has 0 radical (unpaired) electrons. The van der Waals surface area contributed by atoms with Crippen LogP contribution in [0.4, 0.5) is 0 Å². The molecule has 0 aliphatic heterocycles. The van der Waals surface area contributed by atoms with Gasteiger partial charge in [-0.25, -0.2) is 14.8 Å². The lowest BCUT2D eigenvalue weighted by Crippen LogP contribution is -2.28. The predicted molar refractivity (Wildman–Crippen MR) is 110 cm³/mol. The molecule has 8 heteroatoms. The van der Waals surface area contributed by atoms with Crippen LogP contribution in [0.25, 0.3) is 0 Å². The molecule has 0 spiro atoms. The molecule has 0 aromatic carbocycles. The smallest absolute Gasteiger partial charge is 0.345 e. The van der Waals surface area contributed by atoms with Gasteiger partial charge in [-0.2, -0.15) is 0 Å². The fourth-order valence-corrected chi connectivity index (χ4v) is 3.14. The second kappa shape index (κ2) is 8.51. The topological polar surface area (TPSA) is 86.5 Å². The molecule has 0 fully saturated rings. The van der Waals surface area contributed by atoms with Crippen LogP contribution in [0, 0.1) is 0 Å². The van der Waals surface area contributed by atoms with Crippen molar-refractivity contribution in [1.29, 1.82) is 0 Å². The first-order valence-corrected chi connectivity index (χ1v) is 9.96. The van der Waals surface area contributed by atoms with E-state index >= 15 is 0 Å². The van der Waals surface area contributed by atoms with Gasteiger partial charge < -0.3 is 19.1 Å². The van der Waals surface area contributed by atoms with Gasteiger partial charge in [0.1, 0.15) is 21.6 Å². The summed E-state index contributed by atoms with van der Waals surface area (Å²) in [6.07, 6.45) is 6.74. The Labute approximate surface area is 174 Å². The molecule has 0 saturated heterocycles. The van der Waals surface area contributed by atoms with Gasteiger partial charge in [-0.3, -0.25) is 0 Å². The van der Waals surface area contributed by atoms with Gasteiger partial charge in [0, 0.05) is 24.5 Å². The molecular weight excluding hydrogens is 426 g/mol. The molecule has 0 atom stereocenters. The largest absolute Gasteiger partial charge is 0.487 e. The van der Waals surface area contributed by atoms with Crippen LogP contribution >= 0.6 is 15.9 Å². The molecule has 28 heavy (non-hydrogen) atoms. The Morgan fingerprint density at radius 1 is 1.18 bits per heavy atom. The van der Waals surface area contributed by atoms with Crippen molar-refractivity contribution >= 4 is 21.9 Å². The lowest BCUT2D eigenvalue weighted by molar-refractivity contribution is 0.0654. The first-order valence-electron chi connectivity index (χ1n) is 9.17. The van der Waals surface area contributed by atoms with Gasteiger partial charge in [-0.15, -0.1) is 0 Å². The Balaban J connectivity index is 2.48. The SMILES string of the molecule is CC(C)(C)Oc1nc(Br)c(CCCn2ccnc2)c(OC(C)(C)C)c1C(=O)O. The number of aryl methyl sites for hydroxylation is 1. The minimum Gasteiger partial charge on any atom is -0.487 e. The lowest BCUT2D eigenvalue weighted by Gasteiger charge is -2.28. The van der Waals surface area contributed by atoms with E-state index in [1.807, 2.05) is 52.3 Å². The van der Waals surface area contributed by atoms with E-state index in [0.717, 1.165) is 13.0 Å². The van der Waals surface area contributed by atoms with Crippen LogP contribution in [-0.4, -0.2) is 36.8 Å².